The summed E-state index contributed by atoms with van der Waals surface area (Å²) >= 11 is 0. The Morgan fingerprint density at radius 3 is 2.42 bits per heavy atom. The highest BCUT2D eigenvalue weighted by atomic mass is 15.1. The van der Waals surface area contributed by atoms with Crippen molar-refractivity contribution < 1.29 is 0 Å². The van der Waals surface area contributed by atoms with E-state index in [4.69, 9.17) is 5.26 Å². The highest BCUT2D eigenvalue weighted by Gasteiger charge is 2.34. The summed E-state index contributed by atoms with van der Waals surface area (Å²) in [5.74, 6) is 1.13. The van der Waals surface area contributed by atoms with Crippen LogP contribution in [0.2, 0.25) is 0 Å². The van der Waals surface area contributed by atoms with E-state index in [0.29, 0.717) is 17.4 Å². The van der Waals surface area contributed by atoms with Gasteiger partial charge >= 0.3 is 0 Å². The van der Waals surface area contributed by atoms with Gasteiger partial charge in [-0.25, -0.2) is 0 Å². The second-order valence-corrected chi connectivity index (χ2v) is 7.29. The van der Waals surface area contributed by atoms with Crippen LogP contribution >= 0.6 is 0 Å². The predicted molar refractivity (Wildman–Crippen MR) is 78.7 cm³/mol. The number of hydrogen-bond acceptors (Lipinski definition) is 3. The Bertz CT molecular complexity index is 323. The molecule has 0 amide bonds. The van der Waals surface area contributed by atoms with Crippen molar-refractivity contribution in [3.8, 4) is 6.07 Å². The fourth-order valence-corrected chi connectivity index (χ4v) is 3.55. The zero-order valence-corrected chi connectivity index (χ0v) is 12.8. The van der Waals surface area contributed by atoms with Gasteiger partial charge in [-0.15, -0.1) is 0 Å². The molecule has 1 unspecified atom stereocenters. The van der Waals surface area contributed by atoms with Crippen LogP contribution in [0.15, 0.2) is 0 Å². The maximum absolute atomic E-state index is 8.93. The molecule has 1 aliphatic carbocycles. The van der Waals surface area contributed by atoms with Gasteiger partial charge < -0.3 is 10.2 Å². The molecule has 3 nitrogen and oxygen atoms in total. The molecular weight excluding hydrogens is 234 g/mol. The van der Waals surface area contributed by atoms with Gasteiger partial charge in [-0.3, -0.25) is 0 Å². The minimum Gasteiger partial charge on any atom is -0.313 e. The molecule has 1 heterocycles. The summed E-state index contributed by atoms with van der Waals surface area (Å²) in [6.07, 6.45) is 5.87. The topological polar surface area (TPSA) is 39.1 Å². The lowest BCUT2D eigenvalue weighted by Crippen LogP contribution is -2.42. The molecule has 0 aromatic carbocycles. The lowest BCUT2D eigenvalue weighted by molar-refractivity contribution is 0.189. The van der Waals surface area contributed by atoms with Gasteiger partial charge in [-0.05, 0) is 57.0 Å². The van der Waals surface area contributed by atoms with E-state index in [-0.39, 0.29) is 0 Å². The molecule has 1 saturated heterocycles. The van der Waals surface area contributed by atoms with Crippen molar-refractivity contribution in [1.82, 2.24) is 10.2 Å². The van der Waals surface area contributed by atoms with E-state index >= 15 is 0 Å². The van der Waals surface area contributed by atoms with Crippen molar-refractivity contribution in [3.05, 3.63) is 0 Å². The van der Waals surface area contributed by atoms with Crippen LogP contribution < -0.4 is 5.32 Å². The van der Waals surface area contributed by atoms with Crippen molar-refractivity contribution in [1.29, 1.82) is 5.26 Å². The number of hydrogen-bond donors (Lipinski definition) is 1. The number of rotatable bonds is 4. The molecule has 108 valence electrons. The smallest absolute Gasteiger partial charge is 0.0655 e. The van der Waals surface area contributed by atoms with Gasteiger partial charge in [0, 0.05) is 25.0 Å². The second kappa shape index (κ2) is 6.24. The van der Waals surface area contributed by atoms with Crippen LogP contribution in [-0.2, 0) is 0 Å². The molecule has 19 heavy (non-hydrogen) atoms. The monoisotopic (exact) mass is 263 g/mol. The van der Waals surface area contributed by atoms with Crippen LogP contribution in [0.1, 0.15) is 46.0 Å². The van der Waals surface area contributed by atoms with Crippen LogP contribution in [0, 0.1) is 28.6 Å². The molecule has 2 aliphatic rings. The summed E-state index contributed by atoms with van der Waals surface area (Å²) in [6, 6.07) is 3.05. The lowest BCUT2D eigenvalue weighted by atomic mass is 9.77. The van der Waals surface area contributed by atoms with E-state index in [1.54, 1.807) is 0 Å². The molecule has 1 atom stereocenters. The van der Waals surface area contributed by atoms with Crippen LogP contribution in [0.5, 0.6) is 0 Å². The zero-order chi connectivity index (χ0) is 13.9. The summed E-state index contributed by atoms with van der Waals surface area (Å²) in [5, 5.41) is 12.7. The van der Waals surface area contributed by atoms with Gasteiger partial charge in [0.1, 0.15) is 0 Å². The minimum absolute atomic E-state index is 0.314. The molecular formula is C16H29N3. The first-order valence-corrected chi connectivity index (χ1v) is 7.83. The summed E-state index contributed by atoms with van der Waals surface area (Å²) in [6.45, 7) is 8.43. The Balaban J connectivity index is 1.74. The first kappa shape index (κ1) is 14.8. The van der Waals surface area contributed by atoms with E-state index in [0.717, 1.165) is 25.3 Å². The molecule has 0 aromatic heterocycles. The van der Waals surface area contributed by atoms with Crippen LogP contribution in [0.25, 0.3) is 0 Å². The maximum Gasteiger partial charge on any atom is 0.0655 e. The quantitative estimate of drug-likeness (QED) is 0.847. The third-order valence-electron chi connectivity index (χ3n) is 5.25. The van der Waals surface area contributed by atoms with Gasteiger partial charge in [0.25, 0.3) is 0 Å². The molecule has 2 rings (SSSR count). The molecule has 0 aromatic rings. The molecule has 0 spiro atoms. The number of nitriles is 1. The molecule has 1 aliphatic heterocycles. The Labute approximate surface area is 118 Å². The number of nitrogens with zero attached hydrogens (tertiary/aromatic N) is 2. The molecule has 0 radical (unpaired) electrons. The Morgan fingerprint density at radius 2 is 1.89 bits per heavy atom. The zero-order valence-electron chi connectivity index (χ0n) is 12.8. The number of nitrogens with one attached hydrogen (secondary N) is 1. The van der Waals surface area contributed by atoms with Gasteiger partial charge in [-0.1, -0.05) is 13.8 Å². The fourth-order valence-electron chi connectivity index (χ4n) is 3.55. The SMILES string of the molecule is CN1CCC(C(C)(C)CNC2CCC(C#N)CC2)C1. The normalized spacial score (nSPS) is 33.3. The van der Waals surface area contributed by atoms with Crippen LogP contribution in [-0.4, -0.2) is 37.6 Å². The molecule has 1 N–H and O–H groups in total. The van der Waals surface area contributed by atoms with Crippen LogP contribution in [0.3, 0.4) is 0 Å². The molecule has 0 bridgehead atoms. The summed E-state index contributed by atoms with van der Waals surface area (Å²) < 4.78 is 0. The Hall–Kier alpha value is -0.590. The van der Waals surface area contributed by atoms with E-state index in [1.165, 1.54) is 32.4 Å². The van der Waals surface area contributed by atoms with E-state index in [1.807, 2.05) is 0 Å². The van der Waals surface area contributed by atoms with Crippen molar-refractivity contribution >= 4 is 0 Å². The van der Waals surface area contributed by atoms with E-state index in [9.17, 15) is 0 Å². The molecule has 3 heteroatoms. The standard InChI is InChI=1S/C16H29N3/c1-16(2,14-8-9-19(3)11-14)12-18-15-6-4-13(10-17)5-7-15/h13-15,18H,4-9,11-12H2,1-3H3. The summed E-state index contributed by atoms with van der Waals surface area (Å²) in [7, 11) is 2.23. The highest BCUT2D eigenvalue weighted by Crippen LogP contribution is 2.34. The minimum atomic E-state index is 0.314. The first-order valence-electron chi connectivity index (χ1n) is 7.83. The Morgan fingerprint density at radius 1 is 1.21 bits per heavy atom. The Kier molecular flexibility index (Phi) is 4.86. The second-order valence-electron chi connectivity index (χ2n) is 7.29. The van der Waals surface area contributed by atoms with E-state index < -0.39 is 0 Å². The average Bonchev–Trinajstić information content (AvgIpc) is 2.85. The van der Waals surface area contributed by atoms with Crippen molar-refractivity contribution in [2.24, 2.45) is 17.3 Å². The lowest BCUT2D eigenvalue weighted by Gasteiger charge is -2.35. The molecule has 1 saturated carbocycles. The number of likely N-dealkylation sites (tertiary alicyclic amines) is 1. The summed E-state index contributed by atoms with van der Waals surface area (Å²) in [5.41, 5.74) is 0.386. The predicted octanol–water partition coefficient (Wildman–Crippen LogP) is 2.64. The summed E-state index contributed by atoms with van der Waals surface area (Å²) in [4.78, 5) is 2.45. The van der Waals surface area contributed by atoms with E-state index in [2.05, 4.69) is 37.2 Å². The van der Waals surface area contributed by atoms with Gasteiger partial charge in [0.05, 0.1) is 6.07 Å². The van der Waals surface area contributed by atoms with Crippen molar-refractivity contribution in [2.75, 3.05) is 26.7 Å². The van der Waals surface area contributed by atoms with Gasteiger partial charge in [-0.2, -0.15) is 5.26 Å². The third-order valence-corrected chi connectivity index (χ3v) is 5.25. The average molecular weight is 263 g/mol. The van der Waals surface area contributed by atoms with Crippen LogP contribution in [0.4, 0.5) is 0 Å². The largest absolute Gasteiger partial charge is 0.313 e. The van der Waals surface area contributed by atoms with Gasteiger partial charge in [0.15, 0.2) is 0 Å². The van der Waals surface area contributed by atoms with Crippen molar-refractivity contribution in [3.63, 3.8) is 0 Å². The maximum atomic E-state index is 8.93. The first-order chi connectivity index (χ1) is 9.01. The van der Waals surface area contributed by atoms with Crippen molar-refractivity contribution in [2.45, 2.75) is 52.0 Å². The molecule has 2 fully saturated rings. The fraction of sp³-hybridized carbons (Fsp3) is 0.938. The van der Waals surface area contributed by atoms with Gasteiger partial charge in [0.2, 0.25) is 0 Å². The third kappa shape index (κ3) is 3.94. The highest BCUT2D eigenvalue weighted by molar-refractivity contribution is 4.91.